The third kappa shape index (κ3) is 1.51. The zero-order chi connectivity index (χ0) is 6.62. The first kappa shape index (κ1) is 7.44. The summed E-state index contributed by atoms with van der Waals surface area (Å²) in [6.45, 7) is 9.05. The number of hydrogen-bond donors (Lipinski definition) is 0. The van der Waals surface area contributed by atoms with Gasteiger partial charge in [-0.05, 0) is 6.92 Å². The molecule has 0 heterocycles. The van der Waals surface area contributed by atoms with Crippen LogP contribution in [0.4, 0.5) is 0 Å². The van der Waals surface area contributed by atoms with Gasteiger partial charge in [-0.3, -0.25) is 0 Å². The molecule has 1 heteroatoms. The van der Waals surface area contributed by atoms with Gasteiger partial charge in [0.2, 0.25) is 0 Å². The van der Waals surface area contributed by atoms with Gasteiger partial charge in [-0.15, -0.1) is 0 Å². The van der Waals surface area contributed by atoms with E-state index in [4.69, 9.17) is 4.74 Å². The van der Waals surface area contributed by atoms with E-state index in [0.717, 1.165) is 0 Å². The molecule has 0 atom stereocenters. The fourth-order valence-electron chi connectivity index (χ4n) is 0.250. The van der Waals surface area contributed by atoms with Crippen molar-refractivity contribution in [2.75, 3.05) is 7.11 Å². The quantitative estimate of drug-likeness (QED) is 0.505. The van der Waals surface area contributed by atoms with Crippen LogP contribution in [0.25, 0.3) is 0 Å². The van der Waals surface area contributed by atoms with Crippen LogP contribution in [0, 0.1) is 0 Å². The lowest BCUT2D eigenvalue weighted by Gasteiger charge is -2.17. The van der Waals surface area contributed by atoms with Crippen molar-refractivity contribution in [3.8, 4) is 0 Å². The monoisotopic (exact) mass is 112 g/mol. The Balaban J connectivity index is 3.96. The van der Waals surface area contributed by atoms with E-state index in [1.54, 1.807) is 19.3 Å². The zero-order valence-corrected chi connectivity index (χ0v) is 5.48. The van der Waals surface area contributed by atoms with Gasteiger partial charge in [-0.1, -0.05) is 25.3 Å². The maximum absolute atomic E-state index is 5.00. The van der Waals surface area contributed by atoms with Gasteiger partial charge in [0.1, 0.15) is 5.60 Å². The highest BCUT2D eigenvalue weighted by molar-refractivity contribution is 5.06. The maximum atomic E-state index is 5.00. The van der Waals surface area contributed by atoms with Gasteiger partial charge >= 0.3 is 0 Å². The zero-order valence-electron chi connectivity index (χ0n) is 5.48. The molecule has 0 N–H and O–H groups in total. The fraction of sp³-hybridized carbons (Fsp3) is 0.429. The van der Waals surface area contributed by atoms with Crippen LogP contribution in [-0.2, 0) is 4.74 Å². The molecule has 46 valence electrons. The molecule has 0 aromatic carbocycles. The van der Waals surface area contributed by atoms with Crippen LogP contribution in [0.5, 0.6) is 0 Å². The van der Waals surface area contributed by atoms with Crippen molar-refractivity contribution in [3.05, 3.63) is 25.3 Å². The minimum absolute atomic E-state index is 0.347. The van der Waals surface area contributed by atoms with Gasteiger partial charge in [0.15, 0.2) is 0 Å². The van der Waals surface area contributed by atoms with Crippen LogP contribution in [0.3, 0.4) is 0 Å². The van der Waals surface area contributed by atoms with Crippen molar-refractivity contribution in [2.24, 2.45) is 0 Å². The fourth-order valence-corrected chi connectivity index (χ4v) is 0.250. The second-order valence-electron chi connectivity index (χ2n) is 1.80. The highest BCUT2D eigenvalue weighted by atomic mass is 16.5. The van der Waals surface area contributed by atoms with Gasteiger partial charge in [-0.2, -0.15) is 0 Å². The molecule has 0 aliphatic carbocycles. The van der Waals surface area contributed by atoms with Crippen molar-refractivity contribution in [3.63, 3.8) is 0 Å². The standard InChI is InChI=1S/C7H12O/c1-5-7(3,6-2)8-4/h5-6H,1-2H2,3-4H3. The molecule has 0 aromatic heterocycles. The number of hydrogen-bond acceptors (Lipinski definition) is 1. The van der Waals surface area contributed by atoms with Gasteiger partial charge in [-0.25, -0.2) is 0 Å². The lowest BCUT2D eigenvalue weighted by atomic mass is 10.1. The van der Waals surface area contributed by atoms with E-state index in [1.807, 2.05) is 6.92 Å². The highest BCUT2D eigenvalue weighted by Gasteiger charge is 2.11. The average Bonchev–Trinajstić information content (AvgIpc) is 1.87. The number of rotatable bonds is 3. The molecular formula is C7H12O. The summed E-state index contributed by atoms with van der Waals surface area (Å²) in [7, 11) is 1.63. The van der Waals surface area contributed by atoms with Crippen LogP contribution in [-0.4, -0.2) is 12.7 Å². The molecule has 0 saturated carbocycles. The summed E-state index contributed by atoms with van der Waals surface area (Å²) in [6.07, 6.45) is 3.42. The van der Waals surface area contributed by atoms with E-state index in [-0.39, 0.29) is 5.60 Å². The largest absolute Gasteiger partial charge is 0.370 e. The molecule has 0 aliphatic heterocycles. The summed E-state index contributed by atoms with van der Waals surface area (Å²) in [5.74, 6) is 0. The predicted molar refractivity (Wildman–Crippen MR) is 35.8 cm³/mol. The highest BCUT2D eigenvalue weighted by Crippen LogP contribution is 2.09. The molecule has 0 amide bonds. The van der Waals surface area contributed by atoms with Crippen LogP contribution in [0.1, 0.15) is 6.92 Å². The maximum Gasteiger partial charge on any atom is 0.101 e. The Kier molecular flexibility index (Phi) is 2.49. The molecule has 0 radical (unpaired) electrons. The first-order valence-corrected chi connectivity index (χ1v) is 2.51. The average molecular weight is 112 g/mol. The van der Waals surface area contributed by atoms with E-state index in [2.05, 4.69) is 13.2 Å². The molecule has 1 nitrogen and oxygen atoms in total. The molecule has 0 rings (SSSR count). The Labute approximate surface area is 50.7 Å². The van der Waals surface area contributed by atoms with Crippen molar-refractivity contribution >= 4 is 0 Å². The minimum Gasteiger partial charge on any atom is -0.370 e. The Bertz CT molecular complexity index is 86.6. The second-order valence-corrected chi connectivity index (χ2v) is 1.80. The summed E-state index contributed by atoms with van der Waals surface area (Å²) in [5.41, 5.74) is -0.347. The van der Waals surface area contributed by atoms with Gasteiger partial charge in [0.25, 0.3) is 0 Å². The molecule has 0 saturated heterocycles. The van der Waals surface area contributed by atoms with Crippen molar-refractivity contribution in [1.29, 1.82) is 0 Å². The first-order valence-electron chi connectivity index (χ1n) is 2.51. The first-order chi connectivity index (χ1) is 3.68. The molecule has 0 aliphatic rings. The summed E-state index contributed by atoms with van der Waals surface area (Å²) in [6, 6.07) is 0. The normalized spacial score (nSPS) is 10.8. The van der Waals surface area contributed by atoms with E-state index in [0.29, 0.717) is 0 Å². The number of ether oxygens (including phenoxy) is 1. The van der Waals surface area contributed by atoms with E-state index in [9.17, 15) is 0 Å². The number of methoxy groups -OCH3 is 1. The molecule has 0 bridgehead atoms. The Morgan fingerprint density at radius 2 is 1.75 bits per heavy atom. The molecule has 8 heavy (non-hydrogen) atoms. The summed E-state index contributed by atoms with van der Waals surface area (Å²) in [4.78, 5) is 0. The van der Waals surface area contributed by atoms with Crippen LogP contribution in [0.15, 0.2) is 25.3 Å². The summed E-state index contributed by atoms with van der Waals surface area (Å²) >= 11 is 0. The van der Waals surface area contributed by atoms with Crippen molar-refractivity contribution < 1.29 is 4.74 Å². The molecule has 0 fully saturated rings. The van der Waals surface area contributed by atoms with E-state index < -0.39 is 0 Å². The Morgan fingerprint density at radius 1 is 1.38 bits per heavy atom. The van der Waals surface area contributed by atoms with Crippen LogP contribution in [0.2, 0.25) is 0 Å². The van der Waals surface area contributed by atoms with E-state index in [1.165, 1.54) is 0 Å². The third-order valence-electron chi connectivity index (χ3n) is 1.25. The van der Waals surface area contributed by atoms with Crippen molar-refractivity contribution in [2.45, 2.75) is 12.5 Å². The topological polar surface area (TPSA) is 9.23 Å². The minimum atomic E-state index is -0.347. The van der Waals surface area contributed by atoms with Gasteiger partial charge in [0.05, 0.1) is 0 Å². The summed E-state index contributed by atoms with van der Waals surface area (Å²) < 4.78 is 5.00. The third-order valence-corrected chi connectivity index (χ3v) is 1.25. The molecule has 0 spiro atoms. The molecule has 0 aromatic rings. The van der Waals surface area contributed by atoms with Crippen molar-refractivity contribution in [1.82, 2.24) is 0 Å². The lowest BCUT2D eigenvalue weighted by molar-refractivity contribution is 0.0913. The van der Waals surface area contributed by atoms with Crippen LogP contribution >= 0.6 is 0 Å². The Hall–Kier alpha value is -0.560. The van der Waals surface area contributed by atoms with Gasteiger partial charge < -0.3 is 4.74 Å². The molecule has 0 unspecified atom stereocenters. The van der Waals surface area contributed by atoms with Gasteiger partial charge in [0, 0.05) is 7.11 Å². The smallest absolute Gasteiger partial charge is 0.101 e. The lowest BCUT2D eigenvalue weighted by Crippen LogP contribution is -2.19. The Morgan fingerprint density at radius 3 is 1.75 bits per heavy atom. The predicted octanol–water partition coefficient (Wildman–Crippen LogP) is 1.76. The van der Waals surface area contributed by atoms with Crippen LogP contribution < -0.4 is 0 Å². The summed E-state index contributed by atoms with van der Waals surface area (Å²) in [5, 5.41) is 0. The van der Waals surface area contributed by atoms with E-state index >= 15 is 0 Å². The SMILES string of the molecule is C=CC(C)(C=C)OC. The second kappa shape index (κ2) is 2.68. The molecular weight excluding hydrogens is 100 g/mol.